The smallest absolute Gasteiger partial charge is 0.480 e. The Kier molecular flexibility index (Phi) is 5.84. The topological polar surface area (TPSA) is 113 Å². The van der Waals surface area contributed by atoms with E-state index in [0.717, 1.165) is 22.3 Å². The number of amides is 1. The summed E-state index contributed by atoms with van der Waals surface area (Å²) in [6, 6.07) is 14.5. The number of hydrogen-bond acceptors (Lipinski definition) is 4. The molecule has 0 heterocycles. The van der Waals surface area contributed by atoms with Crippen LogP contribution in [-0.4, -0.2) is 40.9 Å². The molecule has 0 saturated heterocycles. The molecule has 0 bridgehead atoms. The fourth-order valence-electron chi connectivity index (χ4n) is 3.28. The Hall–Kier alpha value is -2.76. The first-order valence-electron chi connectivity index (χ1n) is 8.45. The Morgan fingerprint density at radius 1 is 1.07 bits per heavy atom. The third kappa shape index (κ3) is 4.32. The summed E-state index contributed by atoms with van der Waals surface area (Å²) in [5.74, 6) is -1.40. The quantitative estimate of drug-likeness (QED) is 0.628. The Balaban J connectivity index is 1.67. The summed E-state index contributed by atoms with van der Waals surface area (Å²) in [5.41, 5.74) is 4.30. The minimum absolute atomic E-state index is 0.0699. The van der Waals surface area contributed by atoms with Crippen LogP contribution in [0, 0.1) is 0 Å². The number of carbonyl (C=O) groups is 2. The Morgan fingerprint density at radius 2 is 1.63 bits per heavy atom. The maximum Gasteiger partial charge on any atom is 0.505 e. The van der Waals surface area contributed by atoms with Crippen LogP contribution in [0.1, 0.15) is 23.5 Å². The molecule has 7 nitrogen and oxygen atoms in total. The minimum Gasteiger partial charge on any atom is -0.480 e. The molecule has 2 atom stereocenters. The number of nitrogens with one attached hydrogen (secondary N) is 1. The molecule has 0 fully saturated rings. The summed E-state index contributed by atoms with van der Waals surface area (Å²) >= 11 is 0. The Bertz CT molecular complexity index is 839. The van der Waals surface area contributed by atoms with Gasteiger partial charge in [0.15, 0.2) is 6.16 Å². The fourth-order valence-corrected chi connectivity index (χ4v) is 3.76. The van der Waals surface area contributed by atoms with Crippen molar-refractivity contribution in [3.8, 4) is 11.1 Å². The van der Waals surface area contributed by atoms with Crippen LogP contribution in [-0.2, 0) is 14.1 Å². The summed E-state index contributed by atoms with van der Waals surface area (Å²) in [6.45, 7) is 0.0699. The van der Waals surface area contributed by atoms with Gasteiger partial charge in [0.25, 0.3) is 0 Å². The van der Waals surface area contributed by atoms with Gasteiger partial charge in [-0.1, -0.05) is 48.5 Å². The normalized spacial score (nSPS) is 14.0. The van der Waals surface area contributed by atoms with Crippen molar-refractivity contribution in [1.82, 2.24) is 5.32 Å². The number of benzene rings is 2. The van der Waals surface area contributed by atoms with Gasteiger partial charge in [-0.05, 0) is 26.8 Å². The number of alkyl carbamates (subject to hydrolysis) is 1. The number of fused-ring (bicyclic) bond motifs is 3. The third-order valence-corrected chi connectivity index (χ3v) is 5.18. The summed E-state index contributed by atoms with van der Waals surface area (Å²) in [7, 11) is -2.46. The summed E-state index contributed by atoms with van der Waals surface area (Å²) < 4.78 is 16.0. The highest BCUT2D eigenvalue weighted by Gasteiger charge is 2.30. The maximum atomic E-state index is 12.1. The van der Waals surface area contributed by atoms with Crippen LogP contribution >= 0.6 is 8.03 Å². The van der Waals surface area contributed by atoms with Crippen molar-refractivity contribution in [3.63, 3.8) is 0 Å². The molecule has 0 aliphatic heterocycles. The molecule has 0 saturated carbocycles. The van der Waals surface area contributed by atoms with Gasteiger partial charge in [-0.3, -0.25) is 0 Å². The molecule has 0 aromatic heterocycles. The maximum absolute atomic E-state index is 12.1. The predicted molar refractivity (Wildman–Crippen MR) is 98.9 cm³/mol. The number of carboxylic acids is 1. The van der Waals surface area contributed by atoms with Gasteiger partial charge in [0.1, 0.15) is 12.6 Å². The van der Waals surface area contributed by atoms with Crippen molar-refractivity contribution in [3.05, 3.63) is 59.7 Å². The molecule has 2 aromatic rings. The van der Waals surface area contributed by atoms with Crippen molar-refractivity contribution in [2.45, 2.75) is 18.4 Å². The van der Waals surface area contributed by atoms with Crippen LogP contribution in [0.5, 0.6) is 0 Å². The van der Waals surface area contributed by atoms with Crippen LogP contribution in [0.4, 0.5) is 4.79 Å². The average Bonchev–Trinajstić information content (AvgIpc) is 2.97. The van der Waals surface area contributed by atoms with Crippen LogP contribution < -0.4 is 5.32 Å². The second kappa shape index (κ2) is 8.29. The first-order valence-corrected chi connectivity index (χ1v) is 9.85. The van der Waals surface area contributed by atoms with E-state index < -0.39 is 26.1 Å². The van der Waals surface area contributed by atoms with Crippen molar-refractivity contribution >= 4 is 20.1 Å². The van der Waals surface area contributed by atoms with Gasteiger partial charge in [0.05, 0.1) is 0 Å². The number of ether oxygens (including phenoxy) is 1. The molecule has 1 amide bonds. The summed E-state index contributed by atoms with van der Waals surface area (Å²) in [4.78, 5) is 32.1. The van der Waals surface area contributed by atoms with E-state index in [1.807, 2.05) is 48.5 Å². The Labute approximate surface area is 156 Å². The summed E-state index contributed by atoms with van der Waals surface area (Å²) in [5, 5.41) is 11.4. The lowest BCUT2D eigenvalue weighted by Crippen LogP contribution is -2.41. The van der Waals surface area contributed by atoms with E-state index in [4.69, 9.17) is 14.7 Å². The lowest BCUT2D eigenvalue weighted by molar-refractivity contribution is -0.139. The molecule has 27 heavy (non-hydrogen) atoms. The van der Waals surface area contributed by atoms with E-state index in [0.29, 0.717) is 0 Å². The molecule has 1 aliphatic rings. The van der Waals surface area contributed by atoms with Gasteiger partial charge < -0.3 is 15.2 Å². The number of carboxylic acid groups (broad SMARTS) is 1. The lowest BCUT2D eigenvalue weighted by Gasteiger charge is -2.16. The van der Waals surface area contributed by atoms with Gasteiger partial charge in [-0.15, -0.1) is 0 Å². The first kappa shape index (κ1) is 19.0. The highest BCUT2D eigenvalue weighted by Crippen LogP contribution is 2.44. The highest BCUT2D eigenvalue weighted by atomic mass is 31.1. The molecule has 0 spiro atoms. The van der Waals surface area contributed by atoms with E-state index in [1.165, 1.54) is 0 Å². The van der Waals surface area contributed by atoms with Crippen molar-refractivity contribution in [2.75, 3.05) is 12.8 Å². The van der Waals surface area contributed by atoms with Gasteiger partial charge in [-0.2, -0.15) is 4.89 Å². The minimum atomic E-state index is -2.46. The van der Waals surface area contributed by atoms with E-state index in [-0.39, 0.29) is 25.1 Å². The van der Waals surface area contributed by atoms with Crippen molar-refractivity contribution in [2.24, 2.45) is 0 Å². The number of hydrogen-bond donors (Lipinski definition) is 3. The standard InChI is InChI=1S/C19H18NO6P/c21-18(22)17(9-10-27(24)25)20-19(23)26-11-16-14-7-3-1-5-12(14)13-6-2-4-8-15(13)16/h1-8,16-17H,9-11H2,(H2-,20,21,22,23,24,25)/p+1/t17-/m0/s1. The highest BCUT2D eigenvalue weighted by molar-refractivity contribution is 7.37. The number of carbonyl (C=O) groups excluding carboxylic acids is 1. The monoisotopic (exact) mass is 388 g/mol. The zero-order valence-corrected chi connectivity index (χ0v) is 15.3. The molecule has 1 aliphatic carbocycles. The van der Waals surface area contributed by atoms with E-state index in [1.54, 1.807) is 0 Å². The summed E-state index contributed by atoms with van der Waals surface area (Å²) in [6.07, 6.45) is -1.22. The molecule has 3 rings (SSSR count). The molecule has 140 valence electrons. The second-order valence-electron chi connectivity index (χ2n) is 6.23. The molecular formula is C19H19NO6P+. The largest absolute Gasteiger partial charge is 0.505 e. The van der Waals surface area contributed by atoms with Crippen molar-refractivity contribution < 1.29 is 28.9 Å². The number of aliphatic carboxylic acids is 1. The fraction of sp³-hybridized carbons (Fsp3) is 0.263. The van der Waals surface area contributed by atoms with Crippen LogP contribution in [0.15, 0.2) is 48.5 Å². The molecule has 8 heteroatoms. The van der Waals surface area contributed by atoms with Gasteiger partial charge in [-0.25, -0.2) is 9.59 Å². The van der Waals surface area contributed by atoms with E-state index in [9.17, 15) is 14.2 Å². The zero-order valence-electron chi connectivity index (χ0n) is 14.4. The van der Waals surface area contributed by atoms with Crippen LogP contribution in [0.2, 0.25) is 0 Å². The van der Waals surface area contributed by atoms with Gasteiger partial charge in [0.2, 0.25) is 0 Å². The van der Waals surface area contributed by atoms with Crippen LogP contribution in [0.3, 0.4) is 0 Å². The number of rotatable bonds is 7. The second-order valence-corrected chi connectivity index (χ2v) is 7.38. The van der Waals surface area contributed by atoms with Crippen LogP contribution in [0.25, 0.3) is 11.1 Å². The van der Waals surface area contributed by atoms with E-state index in [2.05, 4.69) is 5.32 Å². The molecule has 0 radical (unpaired) electrons. The molecule has 1 unspecified atom stereocenters. The third-order valence-electron chi connectivity index (χ3n) is 4.54. The molecular weight excluding hydrogens is 369 g/mol. The van der Waals surface area contributed by atoms with Gasteiger partial charge >= 0.3 is 20.1 Å². The SMILES string of the molecule is O=C(N[C@@H](CC[P+](=O)O)C(=O)O)OCC1c2ccccc2-c2ccccc21. The molecule has 2 aromatic carbocycles. The molecule has 3 N–H and O–H groups in total. The lowest BCUT2D eigenvalue weighted by atomic mass is 9.98. The van der Waals surface area contributed by atoms with Gasteiger partial charge in [0, 0.05) is 12.3 Å². The predicted octanol–water partition coefficient (Wildman–Crippen LogP) is 3.10. The zero-order chi connectivity index (χ0) is 19.4. The van der Waals surface area contributed by atoms with E-state index >= 15 is 0 Å². The average molecular weight is 388 g/mol. The Morgan fingerprint density at radius 3 is 2.15 bits per heavy atom. The van der Waals surface area contributed by atoms with Crippen molar-refractivity contribution in [1.29, 1.82) is 0 Å². The first-order chi connectivity index (χ1) is 13.0.